The van der Waals surface area contributed by atoms with E-state index in [0.717, 1.165) is 57.5 Å². The molecule has 2 aromatic heterocycles. The van der Waals surface area contributed by atoms with E-state index < -0.39 is 11.6 Å². The number of imidazole rings is 1. The van der Waals surface area contributed by atoms with Gasteiger partial charge in [-0.2, -0.15) is 0 Å². The van der Waals surface area contributed by atoms with Crippen LogP contribution < -0.4 is 10.5 Å². The van der Waals surface area contributed by atoms with Crippen molar-refractivity contribution in [3.05, 3.63) is 110 Å². The lowest BCUT2D eigenvalue weighted by Crippen LogP contribution is -2.07. The maximum Gasteiger partial charge on any atom is 0.439 e. The molecule has 0 spiro atoms. The number of H-pyrrole nitrogens is 1. The van der Waals surface area contributed by atoms with Crippen LogP contribution in [-0.4, -0.2) is 24.8 Å². The molecule has 0 bridgehead atoms. The fourth-order valence-electron chi connectivity index (χ4n) is 5.30. The number of para-hydroxylation sites is 1. The standard InChI is InChI=1S/C30H27FN4O4/c1-3-5-26-32-28-19(15-36)6-4-7-24(28)35(26)14-18-8-10-22-20(12-18)16-38-25-13-21(31)9-11-23(25)27(22)17(2)29-33-30(37)39-34-29/h4,6-13,36H,3,5,14-16H2,1-2H3,(H,33,34,37). The van der Waals surface area contributed by atoms with Crippen LogP contribution in [0.5, 0.6) is 5.75 Å². The summed E-state index contributed by atoms with van der Waals surface area (Å²) in [6, 6.07) is 16.5. The van der Waals surface area contributed by atoms with Crippen LogP contribution in [0.4, 0.5) is 4.39 Å². The summed E-state index contributed by atoms with van der Waals surface area (Å²) in [6.07, 6.45) is 1.76. The molecule has 0 amide bonds. The van der Waals surface area contributed by atoms with Crippen LogP contribution in [0, 0.1) is 5.82 Å². The first-order valence-electron chi connectivity index (χ1n) is 12.9. The van der Waals surface area contributed by atoms with E-state index in [-0.39, 0.29) is 13.2 Å². The first-order chi connectivity index (χ1) is 19.0. The highest BCUT2D eigenvalue weighted by Crippen LogP contribution is 2.41. The Morgan fingerprint density at radius 3 is 2.77 bits per heavy atom. The molecule has 0 radical (unpaired) electrons. The van der Waals surface area contributed by atoms with Gasteiger partial charge >= 0.3 is 5.76 Å². The smallest absolute Gasteiger partial charge is 0.439 e. The average molecular weight is 527 g/mol. The monoisotopic (exact) mass is 526 g/mol. The Balaban J connectivity index is 1.48. The molecular weight excluding hydrogens is 499 g/mol. The van der Waals surface area contributed by atoms with Crippen molar-refractivity contribution >= 4 is 22.2 Å². The van der Waals surface area contributed by atoms with E-state index in [1.54, 1.807) is 6.07 Å². The van der Waals surface area contributed by atoms with E-state index in [1.165, 1.54) is 12.1 Å². The van der Waals surface area contributed by atoms with E-state index >= 15 is 0 Å². The third-order valence-corrected chi connectivity index (χ3v) is 7.13. The summed E-state index contributed by atoms with van der Waals surface area (Å²) in [5, 5.41) is 13.7. The molecule has 5 aromatic rings. The largest absolute Gasteiger partial charge is 0.488 e. The second kappa shape index (κ2) is 9.99. The number of nitrogens with zero attached hydrogens (tertiary/aromatic N) is 3. The minimum absolute atomic E-state index is 0.0670. The quantitative estimate of drug-likeness (QED) is 0.314. The zero-order valence-corrected chi connectivity index (χ0v) is 21.6. The summed E-state index contributed by atoms with van der Waals surface area (Å²) < 4.78 is 27.2. The van der Waals surface area contributed by atoms with Gasteiger partial charge in [0.05, 0.1) is 17.6 Å². The van der Waals surface area contributed by atoms with Crippen LogP contribution in [0.3, 0.4) is 0 Å². The molecular formula is C30H27FN4O4. The maximum atomic E-state index is 14.2. The van der Waals surface area contributed by atoms with Gasteiger partial charge < -0.3 is 14.4 Å². The van der Waals surface area contributed by atoms with Crippen molar-refractivity contribution in [1.29, 1.82) is 0 Å². The van der Waals surface area contributed by atoms with E-state index in [1.807, 2.05) is 31.2 Å². The number of hydrogen-bond donors (Lipinski definition) is 2. The molecule has 6 rings (SSSR count). The number of halogens is 1. The number of hydrogen-bond acceptors (Lipinski definition) is 6. The summed E-state index contributed by atoms with van der Waals surface area (Å²) in [5.41, 5.74) is 7.63. The van der Waals surface area contributed by atoms with E-state index in [2.05, 4.69) is 33.8 Å². The predicted octanol–water partition coefficient (Wildman–Crippen LogP) is 5.22. The Morgan fingerprint density at radius 1 is 1.15 bits per heavy atom. The van der Waals surface area contributed by atoms with Gasteiger partial charge in [0.1, 0.15) is 24.0 Å². The van der Waals surface area contributed by atoms with Gasteiger partial charge in [-0.25, -0.2) is 14.2 Å². The van der Waals surface area contributed by atoms with Crippen LogP contribution in [-0.2, 0) is 26.2 Å². The summed E-state index contributed by atoms with van der Waals surface area (Å²) in [5.74, 6) is 0.634. The highest BCUT2D eigenvalue weighted by Gasteiger charge is 2.24. The number of aryl methyl sites for hydroxylation is 1. The van der Waals surface area contributed by atoms with Crippen LogP contribution in [0.2, 0.25) is 0 Å². The van der Waals surface area contributed by atoms with E-state index in [9.17, 15) is 14.3 Å². The van der Waals surface area contributed by atoms with Crippen molar-refractivity contribution < 1.29 is 18.8 Å². The fraction of sp³-hybridized carbons (Fsp3) is 0.233. The highest BCUT2D eigenvalue weighted by atomic mass is 19.1. The van der Waals surface area contributed by atoms with Gasteiger partial charge in [-0.15, -0.1) is 0 Å². The molecule has 2 N–H and O–H groups in total. The first kappa shape index (κ1) is 24.8. The SMILES string of the molecule is CCCc1nc2c(CO)cccc2n1Cc1ccc2c(c1)COc1cc(F)ccc1C2=C(C)c1noc(=O)[nH]1. The first-order valence-corrected chi connectivity index (χ1v) is 12.9. The van der Waals surface area contributed by atoms with Crippen LogP contribution in [0.25, 0.3) is 22.2 Å². The number of ether oxygens (including phenoxy) is 1. The van der Waals surface area contributed by atoms with Gasteiger partial charge in [-0.1, -0.05) is 36.3 Å². The average Bonchev–Trinajstić information content (AvgIpc) is 3.48. The minimum atomic E-state index is -0.649. The number of rotatable bonds is 6. The van der Waals surface area contributed by atoms with Crippen molar-refractivity contribution in [1.82, 2.24) is 19.7 Å². The van der Waals surface area contributed by atoms with Gasteiger partial charge in [0.2, 0.25) is 0 Å². The number of aliphatic hydroxyl groups excluding tert-OH is 1. The maximum absolute atomic E-state index is 14.2. The summed E-state index contributed by atoms with van der Waals surface area (Å²) in [6.45, 7) is 4.72. The van der Waals surface area contributed by atoms with Crippen molar-refractivity contribution in [3.63, 3.8) is 0 Å². The van der Waals surface area contributed by atoms with Gasteiger partial charge in [0.15, 0.2) is 5.82 Å². The molecule has 0 unspecified atom stereocenters. The molecule has 198 valence electrons. The topological polar surface area (TPSA) is 106 Å². The lowest BCUT2D eigenvalue weighted by atomic mass is 9.89. The number of nitrogens with one attached hydrogen (secondary N) is 1. The summed E-state index contributed by atoms with van der Waals surface area (Å²) >= 11 is 0. The number of allylic oxidation sites excluding steroid dienone is 1. The van der Waals surface area contributed by atoms with E-state index in [0.29, 0.717) is 29.3 Å². The zero-order valence-electron chi connectivity index (χ0n) is 21.6. The van der Waals surface area contributed by atoms with Crippen LogP contribution in [0.15, 0.2) is 63.9 Å². The summed E-state index contributed by atoms with van der Waals surface area (Å²) in [4.78, 5) is 19.2. The summed E-state index contributed by atoms with van der Waals surface area (Å²) in [7, 11) is 0. The zero-order chi connectivity index (χ0) is 27.1. The second-order valence-corrected chi connectivity index (χ2v) is 9.67. The minimum Gasteiger partial charge on any atom is -0.488 e. The Kier molecular flexibility index (Phi) is 6.36. The van der Waals surface area contributed by atoms with Gasteiger partial charge in [0, 0.05) is 35.7 Å². The van der Waals surface area contributed by atoms with Gasteiger partial charge in [-0.3, -0.25) is 9.51 Å². The molecule has 1 aliphatic heterocycles. The van der Waals surface area contributed by atoms with Crippen molar-refractivity contribution in [2.24, 2.45) is 0 Å². The number of benzene rings is 3. The Bertz CT molecular complexity index is 1800. The Labute approximate surface area is 223 Å². The molecule has 0 saturated carbocycles. The third kappa shape index (κ3) is 4.44. The number of fused-ring (bicyclic) bond motifs is 3. The molecule has 3 aromatic carbocycles. The third-order valence-electron chi connectivity index (χ3n) is 7.13. The molecule has 39 heavy (non-hydrogen) atoms. The van der Waals surface area contributed by atoms with Crippen LogP contribution in [0.1, 0.15) is 59.7 Å². The van der Waals surface area contributed by atoms with Crippen molar-refractivity contribution in [2.75, 3.05) is 0 Å². The molecule has 8 nitrogen and oxygen atoms in total. The Hall–Kier alpha value is -4.50. The molecule has 3 heterocycles. The Morgan fingerprint density at radius 2 is 2.00 bits per heavy atom. The normalized spacial score (nSPS) is 14.1. The predicted molar refractivity (Wildman–Crippen MR) is 145 cm³/mol. The van der Waals surface area contributed by atoms with Gasteiger partial charge in [-0.05, 0) is 59.9 Å². The number of aromatic amines is 1. The lowest BCUT2D eigenvalue weighted by molar-refractivity contribution is 0.283. The highest BCUT2D eigenvalue weighted by molar-refractivity contribution is 5.99. The molecule has 0 aliphatic carbocycles. The molecule has 0 saturated heterocycles. The van der Waals surface area contributed by atoms with Crippen molar-refractivity contribution in [2.45, 2.75) is 46.4 Å². The lowest BCUT2D eigenvalue weighted by Gasteiger charge is -2.15. The molecule has 9 heteroatoms. The van der Waals surface area contributed by atoms with Crippen LogP contribution >= 0.6 is 0 Å². The molecule has 0 fully saturated rings. The fourth-order valence-corrected chi connectivity index (χ4v) is 5.30. The molecule has 1 aliphatic rings. The second-order valence-electron chi connectivity index (χ2n) is 9.67. The molecule has 0 atom stereocenters. The number of aromatic nitrogens is 4. The van der Waals surface area contributed by atoms with Gasteiger partial charge in [0.25, 0.3) is 0 Å². The number of aliphatic hydroxyl groups is 1. The van der Waals surface area contributed by atoms with E-state index in [4.69, 9.17) is 14.2 Å². The van der Waals surface area contributed by atoms with Crippen molar-refractivity contribution in [3.8, 4) is 5.75 Å².